The Balaban J connectivity index is 2.39. The summed E-state index contributed by atoms with van der Waals surface area (Å²) in [4.78, 5) is 11.5. The molecule has 0 spiro atoms. The van der Waals surface area contributed by atoms with Crippen LogP contribution in [0.15, 0.2) is 24.3 Å². The van der Waals surface area contributed by atoms with Crippen LogP contribution in [-0.4, -0.2) is 19.0 Å². The van der Waals surface area contributed by atoms with Crippen LogP contribution < -0.4 is 10.6 Å². The highest BCUT2D eigenvalue weighted by Gasteiger charge is 2.09. The standard InChI is InChI=1S/C15H23FN2O/c1-3-9-18-15(19)8-10-17-14(4-2)12-6-5-7-13(16)11-12/h5-7,11,14,17H,3-4,8-10H2,1-2H3,(H,18,19). The molecule has 0 fully saturated rings. The van der Waals surface area contributed by atoms with Crippen LogP contribution in [0.4, 0.5) is 4.39 Å². The van der Waals surface area contributed by atoms with Gasteiger partial charge in [0.2, 0.25) is 5.91 Å². The maximum atomic E-state index is 13.2. The lowest BCUT2D eigenvalue weighted by molar-refractivity contribution is -0.121. The summed E-state index contributed by atoms with van der Waals surface area (Å²) in [5, 5.41) is 6.13. The summed E-state index contributed by atoms with van der Waals surface area (Å²) in [6, 6.07) is 6.69. The van der Waals surface area contributed by atoms with Gasteiger partial charge in [-0.15, -0.1) is 0 Å². The van der Waals surface area contributed by atoms with Crippen molar-refractivity contribution < 1.29 is 9.18 Å². The van der Waals surface area contributed by atoms with Crippen molar-refractivity contribution in [3.05, 3.63) is 35.6 Å². The number of carbonyl (C=O) groups is 1. The van der Waals surface area contributed by atoms with E-state index in [1.165, 1.54) is 6.07 Å². The molecule has 1 aromatic carbocycles. The highest BCUT2D eigenvalue weighted by molar-refractivity contribution is 5.75. The normalized spacial score (nSPS) is 12.2. The van der Waals surface area contributed by atoms with Crippen LogP contribution in [0, 0.1) is 5.82 Å². The third-order valence-corrected chi connectivity index (χ3v) is 2.97. The fraction of sp³-hybridized carbons (Fsp3) is 0.533. The van der Waals surface area contributed by atoms with Crippen molar-refractivity contribution in [2.75, 3.05) is 13.1 Å². The summed E-state index contributed by atoms with van der Waals surface area (Å²) in [6.45, 7) is 5.39. The lowest BCUT2D eigenvalue weighted by Crippen LogP contribution is -2.29. The summed E-state index contributed by atoms with van der Waals surface area (Å²) in [6.07, 6.45) is 2.26. The van der Waals surface area contributed by atoms with E-state index in [4.69, 9.17) is 0 Å². The van der Waals surface area contributed by atoms with Crippen LogP contribution in [0.2, 0.25) is 0 Å². The SMILES string of the molecule is CCCNC(=O)CCNC(CC)c1cccc(F)c1. The maximum absolute atomic E-state index is 13.2. The van der Waals surface area contributed by atoms with Gasteiger partial charge >= 0.3 is 0 Å². The van der Waals surface area contributed by atoms with E-state index in [0.717, 1.165) is 24.9 Å². The highest BCUT2D eigenvalue weighted by Crippen LogP contribution is 2.17. The number of rotatable bonds is 8. The van der Waals surface area contributed by atoms with Gasteiger partial charge < -0.3 is 10.6 Å². The molecular weight excluding hydrogens is 243 g/mol. The van der Waals surface area contributed by atoms with Gasteiger partial charge in [-0.3, -0.25) is 4.79 Å². The van der Waals surface area contributed by atoms with Crippen LogP contribution >= 0.6 is 0 Å². The molecule has 3 nitrogen and oxygen atoms in total. The molecule has 0 aromatic heterocycles. The molecule has 0 radical (unpaired) electrons. The van der Waals surface area contributed by atoms with Crippen molar-refractivity contribution in [3.63, 3.8) is 0 Å². The molecule has 19 heavy (non-hydrogen) atoms. The molecule has 0 aliphatic carbocycles. The minimum Gasteiger partial charge on any atom is -0.356 e. The molecule has 0 saturated carbocycles. The van der Waals surface area contributed by atoms with Gasteiger partial charge in [-0.2, -0.15) is 0 Å². The second-order valence-corrected chi connectivity index (χ2v) is 4.57. The van der Waals surface area contributed by atoms with Crippen LogP contribution in [0.1, 0.15) is 44.7 Å². The molecule has 2 N–H and O–H groups in total. The largest absolute Gasteiger partial charge is 0.356 e. The number of nitrogens with one attached hydrogen (secondary N) is 2. The monoisotopic (exact) mass is 266 g/mol. The van der Waals surface area contributed by atoms with Crippen molar-refractivity contribution in [2.45, 2.75) is 39.2 Å². The summed E-state index contributed by atoms with van der Waals surface area (Å²) >= 11 is 0. The first kappa shape index (κ1) is 15.6. The van der Waals surface area contributed by atoms with Crippen molar-refractivity contribution in [2.24, 2.45) is 0 Å². The summed E-state index contributed by atoms with van der Waals surface area (Å²) in [5.74, 6) is -0.165. The van der Waals surface area contributed by atoms with Gasteiger partial charge in [0, 0.05) is 25.6 Å². The molecule has 1 atom stereocenters. The zero-order chi connectivity index (χ0) is 14.1. The Morgan fingerprint density at radius 1 is 1.32 bits per heavy atom. The van der Waals surface area contributed by atoms with Crippen LogP contribution in [0.5, 0.6) is 0 Å². The summed E-state index contributed by atoms with van der Waals surface area (Å²) in [5.41, 5.74) is 0.927. The molecule has 0 aliphatic heterocycles. The third-order valence-electron chi connectivity index (χ3n) is 2.97. The number of halogens is 1. The Morgan fingerprint density at radius 2 is 2.11 bits per heavy atom. The van der Waals surface area contributed by atoms with Gasteiger partial charge in [0.15, 0.2) is 0 Å². The minimum absolute atomic E-state index is 0.0587. The van der Waals surface area contributed by atoms with E-state index in [1.807, 2.05) is 19.9 Å². The predicted octanol–water partition coefficient (Wildman–Crippen LogP) is 2.78. The molecule has 106 valence electrons. The lowest BCUT2D eigenvalue weighted by atomic mass is 10.0. The summed E-state index contributed by atoms with van der Waals surface area (Å²) < 4.78 is 13.2. The van der Waals surface area contributed by atoms with E-state index < -0.39 is 0 Å². The Hall–Kier alpha value is -1.42. The van der Waals surface area contributed by atoms with Gasteiger partial charge in [-0.1, -0.05) is 26.0 Å². The van der Waals surface area contributed by atoms with Crippen LogP contribution in [-0.2, 0) is 4.79 Å². The molecule has 1 rings (SSSR count). The molecule has 0 bridgehead atoms. The van der Waals surface area contributed by atoms with Crippen molar-refractivity contribution in [3.8, 4) is 0 Å². The fourth-order valence-electron chi connectivity index (χ4n) is 1.93. The Morgan fingerprint density at radius 3 is 2.74 bits per heavy atom. The average molecular weight is 266 g/mol. The smallest absolute Gasteiger partial charge is 0.221 e. The van der Waals surface area contributed by atoms with E-state index in [0.29, 0.717) is 13.0 Å². The number of hydrogen-bond acceptors (Lipinski definition) is 2. The van der Waals surface area contributed by atoms with Crippen molar-refractivity contribution >= 4 is 5.91 Å². The number of hydrogen-bond donors (Lipinski definition) is 2. The fourth-order valence-corrected chi connectivity index (χ4v) is 1.93. The first-order chi connectivity index (χ1) is 9.17. The number of amides is 1. The Kier molecular flexibility index (Phi) is 7.11. The predicted molar refractivity (Wildman–Crippen MR) is 75.4 cm³/mol. The first-order valence-electron chi connectivity index (χ1n) is 6.92. The van der Waals surface area contributed by atoms with E-state index in [1.54, 1.807) is 12.1 Å². The van der Waals surface area contributed by atoms with E-state index in [2.05, 4.69) is 10.6 Å². The molecular formula is C15H23FN2O. The Bertz CT molecular complexity index is 395. The molecule has 0 saturated heterocycles. The van der Waals surface area contributed by atoms with E-state index in [9.17, 15) is 9.18 Å². The minimum atomic E-state index is -0.224. The first-order valence-corrected chi connectivity index (χ1v) is 6.92. The molecule has 1 aromatic rings. The second-order valence-electron chi connectivity index (χ2n) is 4.57. The lowest BCUT2D eigenvalue weighted by Gasteiger charge is -2.17. The second kappa shape index (κ2) is 8.64. The molecule has 1 unspecified atom stereocenters. The molecule has 0 aliphatic rings. The van der Waals surface area contributed by atoms with Crippen molar-refractivity contribution in [1.82, 2.24) is 10.6 Å². The van der Waals surface area contributed by atoms with E-state index in [-0.39, 0.29) is 17.8 Å². The van der Waals surface area contributed by atoms with E-state index >= 15 is 0 Å². The zero-order valence-corrected chi connectivity index (χ0v) is 11.7. The zero-order valence-electron chi connectivity index (χ0n) is 11.7. The van der Waals surface area contributed by atoms with Gasteiger partial charge in [0.05, 0.1) is 0 Å². The number of carbonyl (C=O) groups excluding carboxylic acids is 1. The topological polar surface area (TPSA) is 41.1 Å². The highest BCUT2D eigenvalue weighted by atomic mass is 19.1. The number of benzene rings is 1. The third kappa shape index (κ3) is 5.83. The van der Waals surface area contributed by atoms with Crippen molar-refractivity contribution in [1.29, 1.82) is 0 Å². The Labute approximate surface area is 114 Å². The van der Waals surface area contributed by atoms with Crippen LogP contribution in [0.25, 0.3) is 0 Å². The molecule has 0 heterocycles. The average Bonchev–Trinajstić information content (AvgIpc) is 2.41. The van der Waals surface area contributed by atoms with Gasteiger partial charge in [-0.25, -0.2) is 4.39 Å². The maximum Gasteiger partial charge on any atom is 0.221 e. The van der Waals surface area contributed by atoms with Crippen LogP contribution in [0.3, 0.4) is 0 Å². The van der Waals surface area contributed by atoms with Gasteiger partial charge in [0.1, 0.15) is 5.82 Å². The molecule has 1 amide bonds. The quantitative estimate of drug-likeness (QED) is 0.759. The van der Waals surface area contributed by atoms with Gasteiger partial charge in [0.25, 0.3) is 0 Å². The van der Waals surface area contributed by atoms with Gasteiger partial charge in [-0.05, 0) is 30.5 Å². The summed E-state index contributed by atoms with van der Waals surface area (Å²) in [7, 11) is 0. The molecule has 4 heteroatoms.